The highest BCUT2D eigenvalue weighted by atomic mass is 16.6. The third-order valence-corrected chi connectivity index (χ3v) is 5.85. The normalized spacial score (nSPS) is 10.7. The van der Waals surface area contributed by atoms with Crippen LogP contribution in [0, 0.1) is 0 Å². The Balaban J connectivity index is 1.49. The van der Waals surface area contributed by atoms with Gasteiger partial charge in [-0.3, -0.25) is 14.5 Å². The molecule has 0 saturated heterocycles. The number of nitrogens with zero attached hydrogens (tertiary/aromatic N) is 1. The van der Waals surface area contributed by atoms with Crippen LogP contribution in [0.2, 0.25) is 0 Å². The van der Waals surface area contributed by atoms with Crippen LogP contribution >= 0.6 is 0 Å². The Labute approximate surface area is 227 Å². The van der Waals surface area contributed by atoms with Gasteiger partial charge in [0.05, 0.1) is 6.42 Å². The zero-order chi connectivity index (χ0) is 27.5. The zero-order valence-corrected chi connectivity index (χ0v) is 21.2. The van der Waals surface area contributed by atoms with Crippen LogP contribution in [0.4, 0.5) is 10.5 Å². The molecular formula is C32H28N2O5. The predicted octanol–water partition coefficient (Wildman–Crippen LogP) is 6.28. The number of rotatable bonds is 10. The molecule has 4 rings (SSSR count). The topological polar surface area (TPSA) is 95.9 Å². The van der Waals surface area contributed by atoms with Crippen molar-refractivity contribution < 1.29 is 24.2 Å². The highest BCUT2D eigenvalue weighted by Gasteiger charge is 2.18. The van der Waals surface area contributed by atoms with Crippen LogP contribution in [-0.4, -0.2) is 36.2 Å². The molecule has 0 aromatic heterocycles. The van der Waals surface area contributed by atoms with Gasteiger partial charge in [-0.05, 0) is 53.1 Å². The SMILES string of the molecule is O=C(O)CCNC(=O)c1ccc(N(CC=Cc2ccccc2)C(=O)Oc2ccc(-c3ccccc3)cc2)cc1. The number of amides is 2. The largest absolute Gasteiger partial charge is 0.481 e. The summed E-state index contributed by atoms with van der Waals surface area (Å²) in [6.07, 6.45) is 3.04. The molecule has 0 aliphatic carbocycles. The number of carboxylic acids is 1. The van der Waals surface area contributed by atoms with E-state index in [2.05, 4.69) is 5.32 Å². The second kappa shape index (κ2) is 13.4. The summed E-state index contributed by atoms with van der Waals surface area (Å²) in [4.78, 5) is 37.7. The molecule has 4 aromatic rings. The minimum absolute atomic E-state index is 0.0295. The first kappa shape index (κ1) is 26.9. The molecule has 0 heterocycles. The van der Waals surface area contributed by atoms with Crippen molar-refractivity contribution in [3.8, 4) is 16.9 Å². The van der Waals surface area contributed by atoms with Gasteiger partial charge in [-0.25, -0.2) is 4.79 Å². The number of hydrogen-bond acceptors (Lipinski definition) is 4. The van der Waals surface area contributed by atoms with Crippen molar-refractivity contribution in [1.82, 2.24) is 5.32 Å². The van der Waals surface area contributed by atoms with Crippen molar-refractivity contribution in [2.24, 2.45) is 0 Å². The van der Waals surface area contributed by atoms with E-state index in [0.717, 1.165) is 16.7 Å². The van der Waals surface area contributed by atoms with Crippen LogP contribution in [0.25, 0.3) is 17.2 Å². The van der Waals surface area contributed by atoms with Gasteiger partial charge in [0.15, 0.2) is 0 Å². The molecule has 2 amide bonds. The highest BCUT2D eigenvalue weighted by Crippen LogP contribution is 2.24. The summed E-state index contributed by atoms with van der Waals surface area (Å²) < 4.78 is 5.70. The lowest BCUT2D eigenvalue weighted by atomic mass is 10.1. The highest BCUT2D eigenvalue weighted by molar-refractivity contribution is 5.96. The maximum Gasteiger partial charge on any atom is 0.420 e. The minimum Gasteiger partial charge on any atom is -0.481 e. The van der Waals surface area contributed by atoms with Crippen molar-refractivity contribution >= 4 is 29.7 Å². The molecule has 4 aromatic carbocycles. The summed E-state index contributed by atoms with van der Waals surface area (Å²) >= 11 is 0. The van der Waals surface area contributed by atoms with E-state index in [1.54, 1.807) is 36.4 Å². The quantitative estimate of drug-likeness (QED) is 0.257. The van der Waals surface area contributed by atoms with Crippen molar-refractivity contribution in [3.05, 3.63) is 126 Å². The number of ether oxygens (including phenoxy) is 1. The number of carboxylic acid groups (broad SMARTS) is 1. The molecule has 0 unspecified atom stereocenters. The zero-order valence-electron chi connectivity index (χ0n) is 21.2. The standard InChI is InChI=1S/C32H28N2O5/c35-30(36)21-22-33-31(37)27-13-17-28(18-14-27)34(23-7-10-24-8-3-1-4-9-24)32(38)39-29-19-15-26(16-20-29)25-11-5-2-6-12-25/h1-20H,21-23H2,(H,33,37)(H,35,36). The molecule has 0 fully saturated rings. The second-order valence-electron chi connectivity index (χ2n) is 8.63. The van der Waals surface area contributed by atoms with E-state index in [9.17, 15) is 14.4 Å². The summed E-state index contributed by atoms with van der Waals surface area (Å²) in [6, 6.07) is 33.4. The summed E-state index contributed by atoms with van der Waals surface area (Å²) in [6.45, 7) is 0.266. The number of carbonyl (C=O) groups excluding carboxylic acids is 2. The summed E-state index contributed by atoms with van der Waals surface area (Å²) in [5, 5.41) is 11.3. The minimum atomic E-state index is -0.988. The van der Waals surface area contributed by atoms with E-state index in [1.165, 1.54) is 4.90 Å². The lowest BCUT2D eigenvalue weighted by molar-refractivity contribution is -0.136. The van der Waals surface area contributed by atoms with Crippen molar-refractivity contribution in [1.29, 1.82) is 0 Å². The van der Waals surface area contributed by atoms with Crippen molar-refractivity contribution in [2.45, 2.75) is 6.42 Å². The summed E-state index contributed by atoms with van der Waals surface area (Å²) in [5.74, 6) is -0.969. The number of nitrogens with one attached hydrogen (secondary N) is 1. The fourth-order valence-electron chi connectivity index (χ4n) is 3.82. The Hall–Kier alpha value is -5.17. The van der Waals surface area contributed by atoms with E-state index in [-0.39, 0.29) is 25.4 Å². The Morgan fingerprint density at radius 2 is 1.38 bits per heavy atom. The van der Waals surface area contributed by atoms with E-state index in [0.29, 0.717) is 17.0 Å². The maximum atomic E-state index is 13.3. The van der Waals surface area contributed by atoms with Crippen molar-refractivity contribution in [2.75, 3.05) is 18.0 Å². The lowest BCUT2D eigenvalue weighted by Gasteiger charge is -2.21. The van der Waals surface area contributed by atoms with E-state index >= 15 is 0 Å². The van der Waals surface area contributed by atoms with Gasteiger partial charge in [0.1, 0.15) is 5.75 Å². The van der Waals surface area contributed by atoms with Gasteiger partial charge in [0.2, 0.25) is 0 Å². The average Bonchev–Trinajstić information content (AvgIpc) is 2.96. The Morgan fingerprint density at radius 3 is 2.03 bits per heavy atom. The van der Waals surface area contributed by atoms with Gasteiger partial charge in [-0.1, -0.05) is 84.9 Å². The van der Waals surface area contributed by atoms with Crippen LogP contribution in [0.5, 0.6) is 5.75 Å². The fraction of sp³-hybridized carbons (Fsp3) is 0.0938. The van der Waals surface area contributed by atoms with Crippen molar-refractivity contribution in [3.63, 3.8) is 0 Å². The molecule has 0 spiro atoms. The average molecular weight is 521 g/mol. The second-order valence-corrected chi connectivity index (χ2v) is 8.63. The molecule has 0 aliphatic rings. The molecule has 0 atom stereocenters. The van der Waals surface area contributed by atoms with Crippen LogP contribution in [-0.2, 0) is 4.79 Å². The molecule has 7 nitrogen and oxygen atoms in total. The third-order valence-electron chi connectivity index (χ3n) is 5.85. The van der Waals surface area contributed by atoms with Gasteiger partial charge in [-0.15, -0.1) is 0 Å². The van der Waals surface area contributed by atoms with Crippen LogP contribution < -0.4 is 15.0 Å². The number of benzene rings is 4. The molecule has 0 radical (unpaired) electrons. The number of aliphatic carboxylic acids is 1. The van der Waals surface area contributed by atoms with Gasteiger partial charge in [-0.2, -0.15) is 0 Å². The van der Waals surface area contributed by atoms with Gasteiger partial charge >= 0.3 is 12.1 Å². The predicted molar refractivity (Wildman–Crippen MR) is 152 cm³/mol. The molecule has 196 valence electrons. The first-order valence-corrected chi connectivity index (χ1v) is 12.5. The molecule has 7 heteroatoms. The van der Waals surface area contributed by atoms with Gasteiger partial charge in [0.25, 0.3) is 5.91 Å². The maximum absolute atomic E-state index is 13.3. The number of hydrogen-bond donors (Lipinski definition) is 2. The monoisotopic (exact) mass is 520 g/mol. The van der Waals surface area contributed by atoms with Crippen LogP contribution in [0.15, 0.2) is 115 Å². The van der Waals surface area contributed by atoms with E-state index in [4.69, 9.17) is 9.84 Å². The Bertz CT molecular complexity index is 1420. The number of anilines is 1. The smallest absolute Gasteiger partial charge is 0.420 e. The molecule has 0 bridgehead atoms. The lowest BCUT2D eigenvalue weighted by Crippen LogP contribution is -2.34. The van der Waals surface area contributed by atoms with Gasteiger partial charge in [0, 0.05) is 24.3 Å². The van der Waals surface area contributed by atoms with Gasteiger partial charge < -0.3 is 15.2 Å². The summed E-state index contributed by atoms with van der Waals surface area (Å²) in [5.41, 5.74) is 3.97. The van der Waals surface area contributed by atoms with Crippen LogP contribution in [0.1, 0.15) is 22.3 Å². The third kappa shape index (κ3) is 7.90. The first-order chi connectivity index (χ1) is 19.0. The molecule has 0 saturated carbocycles. The number of carbonyl (C=O) groups is 3. The molecule has 0 aliphatic heterocycles. The summed E-state index contributed by atoms with van der Waals surface area (Å²) in [7, 11) is 0. The fourth-order valence-corrected chi connectivity index (χ4v) is 3.82. The van der Waals surface area contributed by atoms with E-state index < -0.39 is 12.1 Å². The Kier molecular flexibility index (Phi) is 9.23. The molecule has 2 N–H and O–H groups in total. The first-order valence-electron chi connectivity index (χ1n) is 12.5. The van der Waals surface area contributed by atoms with Crippen LogP contribution in [0.3, 0.4) is 0 Å². The van der Waals surface area contributed by atoms with E-state index in [1.807, 2.05) is 84.9 Å². The molecular weight excluding hydrogens is 492 g/mol. The molecule has 39 heavy (non-hydrogen) atoms. The Morgan fingerprint density at radius 1 is 0.769 bits per heavy atom.